The van der Waals surface area contributed by atoms with E-state index in [0.717, 1.165) is 33.7 Å². The highest BCUT2D eigenvalue weighted by atomic mass is 16.1. The van der Waals surface area contributed by atoms with E-state index >= 15 is 0 Å². The largest absolute Gasteiger partial charge is 0.310 e. The maximum Gasteiger partial charge on any atom is 0.262 e. The van der Waals surface area contributed by atoms with Gasteiger partial charge in [0.2, 0.25) is 0 Å². The van der Waals surface area contributed by atoms with Gasteiger partial charge < -0.3 is 4.90 Å². The lowest BCUT2D eigenvalue weighted by Crippen LogP contribution is -2.19. The highest BCUT2D eigenvalue weighted by Crippen LogP contribution is 2.35. The zero-order valence-corrected chi connectivity index (χ0v) is 17.3. The van der Waals surface area contributed by atoms with Gasteiger partial charge in [0.1, 0.15) is 0 Å². The average Bonchev–Trinajstić information content (AvgIpc) is 2.83. The summed E-state index contributed by atoms with van der Waals surface area (Å²) in [6.07, 6.45) is 1.93. The lowest BCUT2D eigenvalue weighted by molar-refractivity contribution is 0.996. The molecule has 31 heavy (non-hydrogen) atoms. The summed E-state index contributed by atoms with van der Waals surface area (Å²) < 4.78 is 1.73. The van der Waals surface area contributed by atoms with Crippen molar-refractivity contribution in [1.29, 1.82) is 0 Å². The van der Waals surface area contributed by atoms with Crippen LogP contribution in [0.5, 0.6) is 0 Å². The summed E-state index contributed by atoms with van der Waals surface area (Å²) in [6, 6.07) is 36.4. The Morgan fingerprint density at radius 2 is 1.16 bits per heavy atom. The van der Waals surface area contributed by atoms with Gasteiger partial charge in [-0.25, -0.2) is 0 Å². The lowest BCUT2D eigenvalue weighted by Gasteiger charge is -2.26. The van der Waals surface area contributed by atoms with E-state index in [4.69, 9.17) is 0 Å². The molecule has 150 valence electrons. The first-order chi connectivity index (χ1) is 15.2. The lowest BCUT2D eigenvalue weighted by atomic mass is 10.1. The van der Waals surface area contributed by atoms with Crippen molar-refractivity contribution >= 4 is 27.8 Å². The molecule has 0 fully saturated rings. The van der Waals surface area contributed by atoms with E-state index in [1.165, 1.54) is 0 Å². The monoisotopic (exact) mass is 402 g/mol. The fraction of sp³-hybridized carbons (Fsp3) is 0.0357. The van der Waals surface area contributed by atoms with Crippen LogP contribution in [0.1, 0.15) is 5.56 Å². The molecule has 0 aliphatic heterocycles. The van der Waals surface area contributed by atoms with Crippen molar-refractivity contribution in [1.82, 2.24) is 4.57 Å². The van der Waals surface area contributed by atoms with Crippen molar-refractivity contribution in [3.63, 3.8) is 0 Å². The van der Waals surface area contributed by atoms with Crippen LogP contribution < -0.4 is 10.5 Å². The second kappa shape index (κ2) is 7.96. The van der Waals surface area contributed by atoms with Crippen LogP contribution in [0, 0.1) is 6.92 Å². The normalized spacial score (nSPS) is 10.9. The molecule has 0 amide bonds. The molecule has 0 N–H and O–H groups in total. The molecule has 5 aromatic rings. The van der Waals surface area contributed by atoms with Crippen molar-refractivity contribution < 1.29 is 0 Å². The zero-order valence-electron chi connectivity index (χ0n) is 17.3. The number of benzene rings is 4. The number of pyridine rings is 1. The molecule has 0 bridgehead atoms. The molecule has 0 aliphatic carbocycles. The second-order valence-corrected chi connectivity index (χ2v) is 7.56. The van der Waals surface area contributed by atoms with Crippen LogP contribution in [0.15, 0.2) is 120 Å². The minimum Gasteiger partial charge on any atom is -0.310 e. The predicted molar refractivity (Wildman–Crippen MR) is 129 cm³/mol. The molecule has 4 aromatic carbocycles. The molecular formula is C28H22N2O. The van der Waals surface area contributed by atoms with Gasteiger partial charge in [0.25, 0.3) is 5.56 Å². The van der Waals surface area contributed by atoms with Crippen molar-refractivity contribution in [2.45, 2.75) is 6.92 Å². The average molecular weight is 402 g/mol. The highest BCUT2D eigenvalue weighted by molar-refractivity contribution is 5.90. The number of hydrogen-bond donors (Lipinski definition) is 0. The Morgan fingerprint density at radius 3 is 1.74 bits per heavy atom. The third-order valence-corrected chi connectivity index (χ3v) is 5.52. The van der Waals surface area contributed by atoms with Crippen LogP contribution in [0.25, 0.3) is 16.5 Å². The van der Waals surface area contributed by atoms with Gasteiger partial charge in [0.05, 0.1) is 0 Å². The molecule has 1 heterocycles. The summed E-state index contributed by atoms with van der Waals surface area (Å²) >= 11 is 0. The molecule has 1 aromatic heterocycles. The van der Waals surface area contributed by atoms with Gasteiger partial charge in [-0.2, -0.15) is 0 Å². The molecule has 5 rings (SSSR count). The van der Waals surface area contributed by atoms with Gasteiger partial charge in [-0.1, -0.05) is 54.6 Å². The standard InChI is InChI=1S/C28H22N2O/c1-21-20-29(22-11-5-2-6-12-22)28(31)26-18-17-25(19-27(21)26)30(23-13-7-3-8-14-23)24-15-9-4-10-16-24/h2-20H,1H3. The Kier molecular flexibility index (Phi) is 4.85. The Hall–Kier alpha value is -4.11. The fourth-order valence-corrected chi connectivity index (χ4v) is 4.02. The van der Waals surface area contributed by atoms with E-state index in [0.29, 0.717) is 5.39 Å². The SMILES string of the molecule is Cc1cn(-c2ccccc2)c(=O)c2ccc(N(c3ccccc3)c3ccccc3)cc12. The number of nitrogens with zero attached hydrogens (tertiary/aromatic N) is 2. The van der Waals surface area contributed by atoms with Crippen molar-refractivity contribution in [3.8, 4) is 5.69 Å². The maximum atomic E-state index is 13.3. The topological polar surface area (TPSA) is 25.2 Å². The first kappa shape index (κ1) is 18.9. The molecule has 3 nitrogen and oxygen atoms in total. The predicted octanol–water partition coefficient (Wildman–Crippen LogP) is 6.77. The van der Waals surface area contributed by atoms with Gasteiger partial charge in [-0.3, -0.25) is 9.36 Å². The van der Waals surface area contributed by atoms with Gasteiger partial charge >= 0.3 is 0 Å². The number of aromatic nitrogens is 1. The molecule has 3 heteroatoms. The van der Waals surface area contributed by atoms with E-state index in [1.54, 1.807) is 4.57 Å². The van der Waals surface area contributed by atoms with Crippen LogP contribution >= 0.6 is 0 Å². The van der Waals surface area contributed by atoms with Crippen LogP contribution in [-0.4, -0.2) is 4.57 Å². The quantitative estimate of drug-likeness (QED) is 0.331. The molecule has 0 saturated heterocycles. The Bertz CT molecular complexity index is 1350. The van der Waals surface area contributed by atoms with E-state index < -0.39 is 0 Å². The van der Waals surface area contributed by atoms with E-state index in [2.05, 4.69) is 42.2 Å². The Labute approximate surface area is 181 Å². The minimum absolute atomic E-state index is 0.00989. The summed E-state index contributed by atoms with van der Waals surface area (Å²) in [5, 5.41) is 1.68. The molecule has 0 atom stereocenters. The number of fused-ring (bicyclic) bond motifs is 1. The smallest absolute Gasteiger partial charge is 0.262 e. The first-order valence-electron chi connectivity index (χ1n) is 10.3. The summed E-state index contributed by atoms with van der Waals surface area (Å²) in [7, 11) is 0. The van der Waals surface area contributed by atoms with Crippen LogP contribution in [0.2, 0.25) is 0 Å². The molecule has 0 spiro atoms. The second-order valence-electron chi connectivity index (χ2n) is 7.56. The molecule has 0 saturated carbocycles. The van der Waals surface area contributed by atoms with Crippen molar-refractivity contribution in [2.75, 3.05) is 4.90 Å². The van der Waals surface area contributed by atoms with Gasteiger partial charge in [0.15, 0.2) is 0 Å². The van der Waals surface area contributed by atoms with Gasteiger partial charge in [-0.15, -0.1) is 0 Å². The van der Waals surface area contributed by atoms with E-state index in [1.807, 2.05) is 85.1 Å². The van der Waals surface area contributed by atoms with Crippen LogP contribution in [0.4, 0.5) is 17.1 Å². The number of rotatable bonds is 4. The third kappa shape index (κ3) is 3.51. The summed E-state index contributed by atoms with van der Waals surface area (Å²) in [4.78, 5) is 15.5. The molecule has 0 radical (unpaired) electrons. The van der Waals surface area contributed by atoms with Crippen LogP contribution in [0.3, 0.4) is 0 Å². The maximum absolute atomic E-state index is 13.3. The zero-order chi connectivity index (χ0) is 21.2. The van der Waals surface area contributed by atoms with E-state index in [-0.39, 0.29) is 5.56 Å². The molecular weight excluding hydrogens is 380 g/mol. The number of para-hydroxylation sites is 3. The summed E-state index contributed by atoms with van der Waals surface area (Å²) in [6.45, 7) is 2.06. The van der Waals surface area contributed by atoms with Gasteiger partial charge in [0, 0.05) is 34.3 Å². The number of anilines is 3. The summed E-state index contributed by atoms with van der Waals surface area (Å²) in [5.41, 5.74) is 5.08. The highest BCUT2D eigenvalue weighted by Gasteiger charge is 2.15. The number of aryl methyl sites for hydroxylation is 1. The number of hydrogen-bond acceptors (Lipinski definition) is 2. The minimum atomic E-state index is -0.00989. The van der Waals surface area contributed by atoms with E-state index in [9.17, 15) is 4.79 Å². The molecule has 0 aliphatic rings. The van der Waals surface area contributed by atoms with Crippen LogP contribution in [-0.2, 0) is 0 Å². The van der Waals surface area contributed by atoms with Gasteiger partial charge in [-0.05, 0) is 72.5 Å². The van der Waals surface area contributed by atoms with Crippen molar-refractivity contribution in [3.05, 3.63) is 131 Å². The third-order valence-electron chi connectivity index (χ3n) is 5.52. The first-order valence-corrected chi connectivity index (χ1v) is 10.3. The summed E-state index contributed by atoms with van der Waals surface area (Å²) in [5.74, 6) is 0. The molecule has 0 unspecified atom stereocenters. The van der Waals surface area contributed by atoms with Crippen molar-refractivity contribution in [2.24, 2.45) is 0 Å². The Balaban J connectivity index is 1.70. The fourth-order valence-electron chi connectivity index (χ4n) is 4.02. The Morgan fingerprint density at radius 1 is 0.613 bits per heavy atom.